The summed E-state index contributed by atoms with van der Waals surface area (Å²) < 4.78 is 10.0. The molecule has 0 unspecified atom stereocenters. The number of aromatic nitrogens is 1. The number of ether oxygens (including phenoxy) is 2. The van der Waals surface area contributed by atoms with E-state index >= 15 is 0 Å². The number of esters is 1. The van der Waals surface area contributed by atoms with Crippen LogP contribution < -0.4 is 0 Å². The van der Waals surface area contributed by atoms with Crippen molar-refractivity contribution in [2.75, 3.05) is 19.8 Å². The molecule has 7 nitrogen and oxygen atoms in total. The topological polar surface area (TPSA) is 91.6 Å². The molecule has 0 aliphatic heterocycles. The van der Waals surface area contributed by atoms with Crippen LogP contribution in [0.2, 0.25) is 5.15 Å². The van der Waals surface area contributed by atoms with Crippen LogP contribution in [0.15, 0.2) is 12.3 Å². The second-order valence-corrected chi connectivity index (χ2v) is 3.90. The van der Waals surface area contributed by atoms with Gasteiger partial charge in [0, 0.05) is 12.7 Å². The number of halogens is 1. The molecule has 0 spiro atoms. The van der Waals surface area contributed by atoms with Crippen LogP contribution in [0, 0.1) is 10.1 Å². The molecule has 8 heteroatoms. The van der Waals surface area contributed by atoms with Crippen molar-refractivity contribution in [2.24, 2.45) is 0 Å². The average molecular weight is 289 g/mol. The van der Waals surface area contributed by atoms with Gasteiger partial charge in [0.05, 0.1) is 11.5 Å². The third kappa shape index (κ3) is 4.80. The zero-order chi connectivity index (χ0) is 14.3. The van der Waals surface area contributed by atoms with Gasteiger partial charge in [0.1, 0.15) is 23.5 Å². The largest absolute Gasteiger partial charge is 0.460 e. The molecule has 1 aromatic heterocycles. The molecule has 1 heterocycles. The maximum absolute atomic E-state index is 11.6. The zero-order valence-corrected chi connectivity index (χ0v) is 11.1. The van der Waals surface area contributed by atoms with Gasteiger partial charge in [-0.2, -0.15) is 0 Å². The van der Waals surface area contributed by atoms with Gasteiger partial charge in [-0.1, -0.05) is 18.5 Å². The lowest BCUT2D eigenvalue weighted by atomic mass is 10.2. The Morgan fingerprint density at radius 1 is 1.47 bits per heavy atom. The van der Waals surface area contributed by atoms with E-state index in [-0.39, 0.29) is 29.6 Å². The van der Waals surface area contributed by atoms with Gasteiger partial charge in [-0.3, -0.25) is 10.1 Å². The lowest BCUT2D eigenvalue weighted by Crippen LogP contribution is -2.12. The predicted octanol–water partition coefficient (Wildman–Crippen LogP) is 2.23. The van der Waals surface area contributed by atoms with Crippen molar-refractivity contribution in [3.63, 3.8) is 0 Å². The molecular formula is C11H13ClN2O5. The van der Waals surface area contributed by atoms with Crippen molar-refractivity contribution in [3.05, 3.63) is 33.1 Å². The van der Waals surface area contributed by atoms with Gasteiger partial charge in [0.25, 0.3) is 5.69 Å². The second-order valence-electron chi connectivity index (χ2n) is 3.54. The Balaban J connectivity index is 2.61. The second kappa shape index (κ2) is 7.65. The van der Waals surface area contributed by atoms with E-state index in [1.807, 2.05) is 6.92 Å². The van der Waals surface area contributed by atoms with Crippen molar-refractivity contribution in [3.8, 4) is 0 Å². The molecule has 1 rings (SSSR count). The van der Waals surface area contributed by atoms with Crippen LogP contribution in [0.25, 0.3) is 0 Å². The van der Waals surface area contributed by atoms with E-state index in [1.165, 1.54) is 0 Å². The van der Waals surface area contributed by atoms with Crippen LogP contribution in [-0.4, -0.2) is 35.7 Å². The summed E-state index contributed by atoms with van der Waals surface area (Å²) in [6, 6.07) is 1.03. The normalized spacial score (nSPS) is 10.2. The molecule has 104 valence electrons. The Kier molecular flexibility index (Phi) is 6.17. The highest BCUT2D eigenvalue weighted by Crippen LogP contribution is 2.19. The number of hydrogen-bond donors (Lipinski definition) is 0. The molecule has 0 N–H and O–H groups in total. The van der Waals surface area contributed by atoms with Crippen LogP contribution >= 0.6 is 11.6 Å². The Hall–Kier alpha value is -1.73. The zero-order valence-electron chi connectivity index (χ0n) is 10.3. The van der Waals surface area contributed by atoms with Crippen molar-refractivity contribution in [2.45, 2.75) is 13.3 Å². The Labute approximate surface area is 114 Å². The fourth-order valence-electron chi connectivity index (χ4n) is 1.20. The van der Waals surface area contributed by atoms with E-state index in [9.17, 15) is 14.9 Å². The minimum Gasteiger partial charge on any atom is -0.460 e. The molecular weight excluding hydrogens is 276 g/mol. The number of nitro groups is 1. The molecule has 0 saturated carbocycles. The van der Waals surface area contributed by atoms with E-state index in [2.05, 4.69) is 4.98 Å². The SMILES string of the molecule is CCCOCCOC(=O)c1cc([N+](=O)[O-])cnc1Cl. The first kappa shape index (κ1) is 15.3. The molecule has 19 heavy (non-hydrogen) atoms. The maximum Gasteiger partial charge on any atom is 0.341 e. The van der Waals surface area contributed by atoms with Crippen molar-refractivity contribution in [1.29, 1.82) is 0 Å². The summed E-state index contributed by atoms with van der Waals surface area (Å²) in [5.41, 5.74) is -0.454. The lowest BCUT2D eigenvalue weighted by molar-refractivity contribution is -0.385. The standard InChI is InChI=1S/C11H13ClN2O5/c1-2-3-18-4-5-19-11(15)9-6-8(14(16)17)7-13-10(9)12/h6-7H,2-5H2,1H3. The summed E-state index contributed by atoms with van der Waals surface area (Å²) in [6.07, 6.45) is 1.85. The summed E-state index contributed by atoms with van der Waals surface area (Å²) >= 11 is 5.69. The lowest BCUT2D eigenvalue weighted by Gasteiger charge is -2.06. The van der Waals surface area contributed by atoms with E-state index < -0.39 is 10.9 Å². The number of hydrogen-bond acceptors (Lipinski definition) is 6. The van der Waals surface area contributed by atoms with Crippen LogP contribution in [0.4, 0.5) is 5.69 Å². The Morgan fingerprint density at radius 2 is 2.21 bits per heavy atom. The smallest absolute Gasteiger partial charge is 0.341 e. The van der Waals surface area contributed by atoms with E-state index in [4.69, 9.17) is 21.1 Å². The first-order chi connectivity index (χ1) is 9.06. The summed E-state index contributed by atoms with van der Waals surface area (Å²) in [6.45, 7) is 2.86. The Morgan fingerprint density at radius 3 is 2.84 bits per heavy atom. The molecule has 0 fully saturated rings. The Bertz CT molecular complexity index is 466. The molecule has 0 amide bonds. The number of nitrogens with zero attached hydrogens (tertiary/aromatic N) is 2. The van der Waals surface area contributed by atoms with Gasteiger partial charge in [0.2, 0.25) is 0 Å². The van der Waals surface area contributed by atoms with Crippen molar-refractivity contribution in [1.82, 2.24) is 4.98 Å². The minimum atomic E-state index is -0.763. The van der Waals surface area contributed by atoms with Gasteiger partial charge in [-0.25, -0.2) is 9.78 Å². The quantitative estimate of drug-likeness (QED) is 0.251. The van der Waals surface area contributed by atoms with Gasteiger partial charge in [-0.05, 0) is 6.42 Å². The summed E-state index contributed by atoms with van der Waals surface area (Å²) in [4.78, 5) is 25.1. The third-order valence-corrected chi connectivity index (χ3v) is 2.37. The fourth-order valence-corrected chi connectivity index (χ4v) is 1.38. The summed E-state index contributed by atoms with van der Waals surface area (Å²) in [5.74, 6) is -0.763. The number of carbonyl (C=O) groups excluding carboxylic acids is 1. The highest BCUT2D eigenvalue weighted by Gasteiger charge is 2.18. The first-order valence-electron chi connectivity index (χ1n) is 5.61. The van der Waals surface area contributed by atoms with Gasteiger partial charge in [0.15, 0.2) is 0 Å². The fraction of sp³-hybridized carbons (Fsp3) is 0.455. The maximum atomic E-state index is 11.6. The van der Waals surface area contributed by atoms with Gasteiger partial charge < -0.3 is 9.47 Å². The van der Waals surface area contributed by atoms with E-state index in [0.717, 1.165) is 18.7 Å². The number of pyridine rings is 1. The molecule has 0 saturated heterocycles. The molecule has 0 aromatic carbocycles. The molecule has 0 aliphatic carbocycles. The van der Waals surface area contributed by atoms with Gasteiger partial charge in [-0.15, -0.1) is 0 Å². The predicted molar refractivity (Wildman–Crippen MR) is 67.3 cm³/mol. The number of carbonyl (C=O) groups is 1. The van der Waals surface area contributed by atoms with E-state index in [1.54, 1.807) is 0 Å². The summed E-state index contributed by atoms with van der Waals surface area (Å²) in [7, 11) is 0. The van der Waals surface area contributed by atoms with Crippen molar-refractivity contribution >= 4 is 23.3 Å². The molecule has 0 radical (unpaired) electrons. The summed E-state index contributed by atoms with van der Waals surface area (Å²) in [5, 5.41) is 10.4. The van der Waals surface area contributed by atoms with Crippen LogP contribution in [0.5, 0.6) is 0 Å². The minimum absolute atomic E-state index is 0.0534. The van der Waals surface area contributed by atoms with Crippen LogP contribution in [0.1, 0.15) is 23.7 Å². The molecule has 1 aromatic rings. The van der Waals surface area contributed by atoms with Crippen LogP contribution in [-0.2, 0) is 9.47 Å². The van der Waals surface area contributed by atoms with Crippen molar-refractivity contribution < 1.29 is 19.2 Å². The highest BCUT2D eigenvalue weighted by atomic mass is 35.5. The monoisotopic (exact) mass is 288 g/mol. The number of rotatable bonds is 7. The molecule has 0 atom stereocenters. The van der Waals surface area contributed by atoms with Gasteiger partial charge >= 0.3 is 5.97 Å². The molecule has 0 bridgehead atoms. The highest BCUT2D eigenvalue weighted by molar-refractivity contribution is 6.32. The molecule has 0 aliphatic rings. The van der Waals surface area contributed by atoms with Crippen LogP contribution in [0.3, 0.4) is 0 Å². The van der Waals surface area contributed by atoms with E-state index in [0.29, 0.717) is 6.61 Å². The third-order valence-electron chi connectivity index (χ3n) is 2.06. The first-order valence-corrected chi connectivity index (χ1v) is 5.98. The average Bonchev–Trinajstić information content (AvgIpc) is 2.38.